The summed E-state index contributed by atoms with van der Waals surface area (Å²) in [7, 11) is 0. The minimum atomic E-state index is -1.04. The highest BCUT2D eigenvalue weighted by Crippen LogP contribution is 2.58. The lowest BCUT2D eigenvalue weighted by Gasteiger charge is -2.37. The summed E-state index contributed by atoms with van der Waals surface area (Å²) in [5.41, 5.74) is 3.24. The molecule has 2 heterocycles. The number of hydrogen-bond acceptors (Lipinski definition) is 4. The maximum absolute atomic E-state index is 13.1. The molecule has 1 unspecified atom stereocenters. The molecule has 2 aliphatic heterocycles. The molecular weight excluding hydrogens is 422 g/mol. The number of carbonyl (C=O) groups is 1. The number of benzene rings is 4. The summed E-state index contributed by atoms with van der Waals surface area (Å²) in [6.45, 7) is 0. The second-order valence-electron chi connectivity index (χ2n) is 9.57. The Morgan fingerprint density at radius 2 is 1.62 bits per heavy atom. The quantitative estimate of drug-likeness (QED) is 0.331. The Hall–Kier alpha value is -3.79. The van der Waals surface area contributed by atoms with Gasteiger partial charge in [-0.3, -0.25) is 0 Å². The molecule has 4 aromatic rings. The number of esters is 1. The Morgan fingerprint density at radius 1 is 0.794 bits per heavy atom. The van der Waals surface area contributed by atoms with Crippen molar-refractivity contribution in [1.82, 2.24) is 0 Å². The molecule has 0 bridgehead atoms. The van der Waals surface area contributed by atoms with E-state index in [1.807, 2.05) is 42.5 Å². The molecule has 168 valence electrons. The van der Waals surface area contributed by atoms with Crippen molar-refractivity contribution in [3.8, 4) is 11.5 Å². The zero-order chi connectivity index (χ0) is 22.7. The van der Waals surface area contributed by atoms with E-state index in [1.165, 1.54) is 32.1 Å². The summed E-state index contributed by atoms with van der Waals surface area (Å²) in [5.74, 6) is 1.16. The van der Waals surface area contributed by atoms with Crippen LogP contribution in [0, 0.1) is 0 Å². The van der Waals surface area contributed by atoms with Crippen LogP contribution in [0.1, 0.15) is 59.2 Å². The van der Waals surface area contributed by atoms with E-state index >= 15 is 0 Å². The number of anilines is 1. The van der Waals surface area contributed by atoms with E-state index in [2.05, 4.69) is 41.7 Å². The number of fused-ring (bicyclic) bond motifs is 8. The van der Waals surface area contributed by atoms with Crippen LogP contribution < -0.4 is 10.1 Å². The smallest absolute Gasteiger partial charge is 0.340 e. The average molecular weight is 448 g/mol. The molecule has 3 aliphatic rings. The van der Waals surface area contributed by atoms with Gasteiger partial charge in [-0.2, -0.15) is 0 Å². The number of rotatable bonds is 2. The SMILES string of the molecule is O=C1OC2(c3ccc(NC4CCCCC4)cc3Oc3ccc4ccccc4c32)c2ccccc21. The Kier molecular flexibility index (Phi) is 4.25. The summed E-state index contributed by atoms with van der Waals surface area (Å²) in [5, 5.41) is 5.82. The van der Waals surface area contributed by atoms with Crippen LogP contribution in [0.25, 0.3) is 10.8 Å². The van der Waals surface area contributed by atoms with Gasteiger partial charge in [-0.05, 0) is 47.9 Å². The lowest BCUT2D eigenvalue weighted by molar-refractivity contribution is 0.0229. The third-order valence-corrected chi connectivity index (χ3v) is 7.57. The van der Waals surface area contributed by atoms with Crippen LogP contribution in [0.2, 0.25) is 0 Å². The first-order chi connectivity index (χ1) is 16.7. The van der Waals surface area contributed by atoms with Crippen molar-refractivity contribution in [3.05, 3.63) is 101 Å². The molecule has 1 saturated carbocycles. The van der Waals surface area contributed by atoms with Crippen molar-refractivity contribution in [2.24, 2.45) is 0 Å². The lowest BCUT2D eigenvalue weighted by atomic mass is 9.76. The van der Waals surface area contributed by atoms with Crippen molar-refractivity contribution < 1.29 is 14.3 Å². The predicted octanol–water partition coefficient (Wildman–Crippen LogP) is 7.15. The molecule has 0 radical (unpaired) electrons. The van der Waals surface area contributed by atoms with Crippen molar-refractivity contribution in [2.75, 3.05) is 5.32 Å². The summed E-state index contributed by atoms with van der Waals surface area (Å²) < 4.78 is 12.9. The first-order valence-electron chi connectivity index (χ1n) is 12.2. The van der Waals surface area contributed by atoms with Gasteiger partial charge >= 0.3 is 5.97 Å². The number of hydrogen-bond donors (Lipinski definition) is 1. The molecule has 1 spiro atoms. The van der Waals surface area contributed by atoms with Gasteiger partial charge in [-0.25, -0.2) is 4.79 Å². The molecule has 4 nitrogen and oxygen atoms in total. The molecule has 1 aliphatic carbocycles. The van der Waals surface area contributed by atoms with Gasteiger partial charge in [-0.15, -0.1) is 0 Å². The molecule has 0 aromatic heterocycles. The van der Waals surface area contributed by atoms with Crippen LogP contribution in [0.5, 0.6) is 11.5 Å². The van der Waals surface area contributed by atoms with E-state index in [0.29, 0.717) is 11.6 Å². The minimum Gasteiger partial charge on any atom is -0.456 e. The highest BCUT2D eigenvalue weighted by molar-refractivity contribution is 6.00. The van der Waals surface area contributed by atoms with Gasteiger partial charge in [-0.1, -0.05) is 67.8 Å². The fourth-order valence-electron chi connectivity index (χ4n) is 6.03. The van der Waals surface area contributed by atoms with Crippen molar-refractivity contribution >= 4 is 22.4 Å². The fraction of sp³-hybridized carbons (Fsp3) is 0.233. The second kappa shape index (κ2) is 7.36. The molecule has 34 heavy (non-hydrogen) atoms. The van der Waals surface area contributed by atoms with Crippen molar-refractivity contribution in [3.63, 3.8) is 0 Å². The van der Waals surface area contributed by atoms with Crippen LogP contribution >= 0.6 is 0 Å². The fourth-order valence-corrected chi connectivity index (χ4v) is 6.03. The summed E-state index contributed by atoms with van der Waals surface area (Å²) in [4.78, 5) is 13.1. The number of nitrogens with one attached hydrogen (secondary N) is 1. The van der Waals surface area contributed by atoms with Crippen molar-refractivity contribution in [2.45, 2.75) is 43.7 Å². The van der Waals surface area contributed by atoms with E-state index in [1.54, 1.807) is 0 Å². The minimum absolute atomic E-state index is 0.299. The van der Waals surface area contributed by atoms with E-state index < -0.39 is 5.60 Å². The normalized spacial score (nSPS) is 20.9. The van der Waals surface area contributed by atoms with Crippen LogP contribution in [-0.2, 0) is 10.3 Å². The Labute approximate surface area is 198 Å². The van der Waals surface area contributed by atoms with E-state index in [-0.39, 0.29) is 5.97 Å². The van der Waals surface area contributed by atoms with Gasteiger partial charge in [0.25, 0.3) is 0 Å². The number of carbonyl (C=O) groups excluding carboxylic acids is 1. The first-order valence-corrected chi connectivity index (χ1v) is 12.2. The Morgan fingerprint density at radius 3 is 2.53 bits per heavy atom. The molecule has 4 heteroatoms. The average Bonchev–Trinajstić information content (AvgIpc) is 3.17. The maximum Gasteiger partial charge on any atom is 0.340 e. The molecule has 7 rings (SSSR count). The van der Waals surface area contributed by atoms with E-state index in [0.717, 1.165) is 44.6 Å². The van der Waals surface area contributed by atoms with Gasteiger partial charge in [0.15, 0.2) is 5.60 Å². The van der Waals surface area contributed by atoms with Gasteiger partial charge in [0, 0.05) is 28.9 Å². The monoisotopic (exact) mass is 447 g/mol. The highest BCUT2D eigenvalue weighted by Gasteiger charge is 2.54. The lowest BCUT2D eigenvalue weighted by Crippen LogP contribution is -2.33. The van der Waals surface area contributed by atoms with Gasteiger partial charge < -0.3 is 14.8 Å². The maximum atomic E-state index is 13.1. The number of ether oxygens (including phenoxy) is 2. The summed E-state index contributed by atoms with van der Waals surface area (Å²) >= 11 is 0. The van der Waals surface area contributed by atoms with Crippen LogP contribution in [-0.4, -0.2) is 12.0 Å². The zero-order valence-corrected chi connectivity index (χ0v) is 18.8. The highest BCUT2D eigenvalue weighted by atomic mass is 16.6. The van der Waals surface area contributed by atoms with Crippen molar-refractivity contribution in [1.29, 1.82) is 0 Å². The third-order valence-electron chi connectivity index (χ3n) is 7.57. The third kappa shape index (κ3) is 2.75. The van der Waals surface area contributed by atoms with E-state index in [4.69, 9.17) is 9.47 Å². The Bertz CT molecular complexity index is 1450. The topological polar surface area (TPSA) is 47.6 Å². The Balaban J connectivity index is 1.46. The van der Waals surface area contributed by atoms with Crippen LogP contribution in [0.3, 0.4) is 0 Å². The summed E-state index contributed by atoms with van der Waals surface area (Å²) in [6.07, 6.45) is 6.26. The molecule has 0 amide bonds. The first kappa shape index (κ1) is 19.7. The molecule has 1 N–H and O–H groups in total. The van der Waals surface area contributed by atoms with Crippen LogP contribution in [0.15, 0.2) is 78.9 Å². The van der Waals surface area contributed by atoms with Gasteiger partial charge in [0.2, 0.25) is 0 Å². The molecule has 1 atom stereocenters. The zero-order valence-electron chi connectivity index (χ0n) is 18.8. The van der Waals surface area contributed by atoms with Crippen LogP contribution in [0.4, 0.5) is 5.69 Å². The van der Waals surface area contributed by atoms with E-state index in [9.17, 15) is 4.79 Å². The molecule has 0 saturated heterocycles. The van der Waals surface area contributed by atoms with Gasteiger partial charge in [0.05, 0.1) is 11.1 Å². The second-order valence-corrected chi connectivity index (χ2v) is 9.57. The molecular formula is C30H25NO3. The molecule has 1 fully saturated rings. The molecule has 4 aromatic carbocycles. The standard InChI is InChI=1S/C30H25NO3/c32-29-23-12-6-7-13-24(23)30(34-29)25-16-15-21(31-20-9-2-1-3-10-20)18-27(25)33-26-17-14-19-8-4-5-11-22(19)28(26)30/h4-8,11-18,20,31H,1-3,9-10H2. The summed E-state index contributed by atoms with van der Waals surface area (Å²) in [6, 6.07) is 26.7. The predicted molar refractivity (Wildman–Crippen MR) is 133 cm³/mol. The van der Waals surface area contributed by atoms with Gasteiger partial charge in [0.1, 0.15) is 11.5 Å². The largest absolute Gasteiger partial charge is 0.456 e.